The zero-order valence-electron chi connectivity index (χ0n) is 8.88. The average molecular weight is 197 g/mol. The van der Waals surface area contributed by atoms with Gasteiger partial charge in [0.2, 0.25) is 0 Å². The molecule has 3 nitrogen and oxygen atoms in total. The lowest BCUT2D eigenvalue weighted by Gasteiger charge is -2.07. The molecule has 0 rings (SSSR count). The summed E-state index contributed by atoms with van der Waals surface area (Å²) in [4.78, 5) is 0. The molecule has 14 heavy (non-hydrogen) atoms. The minimum atomic E-state index is 0.0889. The van der Waals surface area contributed by atoms with Gasteiger partial charge in [0.1, 0.15) is 5.76 Å². The second-order valence-corrected chi connectivity index (χ2v) is 3.04. The van der Waals surface area contributed by atoms with E-state index in [1.54, 1.807) is 0 Å². The summed E-state index contributed by atoms with van der Waals surface area (Å²) in [7, 11) is 0. The lowest BCUT2D eigenvalue weighted by atomic mass is 10.1. The van der Waals surface area contributed by atoms with E-state index in [-0.39, 0.29) is 12.4 Å². The Balaban J connectivity index is 4.17. The van der Waals surface area contributed by atoms with E-state index in [2.05, 4.69) is 11.9 Å². The normalized spacial score (nSPS) is 13.1. The van der Waals surface area contributed by atoms with E-state index >= 15 is 0 Å². The molecule has 3 N–H and O–H groups in total. The summed E-state index contributed by atoms with van der Waals surface area (Å²) in [5.74, 6) is 0.216. The van der Waals surface area contributed by atoms with Gasteiger partial charge in [0.25, 0.3) is 0 Å². The Morgan fingerprint density at radius 3 is 2.64 bits per heavy atom. The molecular weight excluding hydrogens is 178 g/mol. The van der Waals surface area contributed by atoms with E-state index in [1.165, 1.54) is 0 Å². The minimum Gasteiger partial charge on any atom is -0.507 e. The van der Waals surface area contributed by atoms with Gasteiger partial charge in [-0.15, -0.1) is 0 Å². The van der Waals surface area contributed by atoms with Gasteiger partial charge < -0.3 is 15.5 Å². The smallest absolute Gasteiger partial charge is 0.122 e. The van der Waals surface area contributed by atoms with Crippen molar-refractivity contribution in [1.29, 1.82) is 0 Å². The number of hydrogen-bond donors (Lipinski definition) is 3. The summed E-state index contributed by atoms with van der Waals surface area (Å²) < 4.78 is 0. The van der Waals surface area contributed by atoms with Gasteiger partial charge in [0, 0.05) is 18.7 Å². The van der Waals surface area contributed by atoms with Crippen molar-refractivity contribution in [1.82, 2.24) is 5.32 Å². The van der Waals surface area contributed by atoms with Gasteiger partial charge in [0.05, 0.1) is 6.61 Å². The van der Waals surface area contributed by atoms with E-state index in [0.29, 0.717) is 18.7 Å². The lowest BCUT2D eigenvalue weighted by Crippen LogP contribution is -2.21. The SMILES string of the molecule is C=C(CNCCO)/C(O)=C(C)\C=C/C. The molecular formula is C11H19NO2. The fourth-order valence-electron chi connectivity index (χ4n) is 1.01. The Hall–Kier alpha value is -1.06. The van der Waals surface area contributed by atoms with Gasteiger partial charge in [0.15, 0.2) is 0 Å². The first-order valence-corrected chi connectivity index (χ1v) is 4.65. The Morgan fingerprint density at radius 1 is 1.50 bits per heavy atom. The number of rotatable bonds is 6. The first-order valence-electron chi connectivity index (χ1n) is 4.65. The standard InChI is InChI=1S/C11H19NO2/c1-4-5-9(2)11(14)10(3)8-12-6-7-13/h4-5,12-14H,3,6-8H2,1-2H3/b5-4-,11-9+. The predicted molar refractivity (Wildman–Crippen MR) is 59.2 cm³/mol. The van der Waals surface area contributed by atoms with E-state index in [0.717, 1.165) is 5.57 Å². The summed E-state index contributed by atoms with van der Waals surface area (Å²) in [6.07, 6.45) is 3.69. The summed E-state index contributed by atoms with van der Waals surface area (Å²) in [6.45, 7) is 8.55. The van der Waals surface area contributed by atoms with Crippen molar-refractivity contribution >= 4 is 0 Å². The molecule has 0 saturated carbocycles. The van der Waals surface area contributed by atoms with Crippen LogP contribution in [0.2, 0.25) is 0 Å². The van der Waals surface area contributed by atoms with E-state index in [4.69, 9.17) is 5.11 Å². The Labute approximate surface area is 85.5 Å². The molecule has 0 heterocycles. The van der Waals surface area contributed by atoms with Crippen molar-refractivity contribution in [2.24, 2.45) is 0 Å². The second kappa shape index (κ2) is 7.35. The molecule has 3 heteroatoms. The number of hydrogen-bond acceptors (Lipinski definition) is 3. The number of aliphatic hydroxyl groups excluding tert-OH is 2. The van der Waals surface area contributed by atoms with E-state index in [1.807, 2.05) is 26.0 Å². The van der Waals surface area contributed by atoms with Crippen molar-refractivity contribution in [3.8, 4) is 0 Å². The van der Waals surface area contributed by atoms with E-state index < -0.39 is 0 Å². The number of aliphatic hydroxyl groups is 2. The fraction of sp³-hybridized carbons (Fsp3) is 0.455. The highest BCUT2D eigenvalue weighted by Gasteiger charge is 2.02. The first kappa shape index (κ1) is 12.9. The van der Waals surface area contributed by atoms with Crippen LogP contribution < -0.4 is 5.32 Å². The van der Waals surface area contributed by atoms with Crippen LogP contribution in [-0.4, -0.2) is 29.9 Å². The summed E-state index contributed by atoms with van der Waals surface area (Å²) in [6, 6.07) is 0. The largest absolute Gasteiger partial charge is 0.507 e. The Kier molecular flexibility index (Phi) is 6.80. The van der Waals surface area contributed by atoms with E-state index in [9.17, 15) is 5.11 Å². The fourth-order valence-corrected chi connectivity index (χ4v) is 1.01. The number of allylic oxidation sites excluding steroid dienone is 3. The number of nitrogens with one attached hydrogen (secondary N) is 1. The molecule has 0 aliphatic heterocycles. The van der Waals surface area contributed by atoms with Crippen LogP contribution in [0.5, 0.6) is 0 Å². The van der Waals surface area contributed by atoms with Gasteiger partial charge in [-0.3, -0.25) is 0 Å². The Morgan fingerprint density at radius 2 is 2.14 bits per heavy atom. The van der Waals surface area contributed by atoms with Crippen LogP contribution in [0.4, 0.5) is 0 Å². The summed E-state index contributed by atoms with van der Waals surface area (Å²) in [5.41, 5.74) is 1.43. The third-order valence-corrected chi connectivity index (χ3v) is 1.75. The maximum Gasteiger partial charge on any atom is 0.122 e. The molecule has 0 saturated heterocycles. The molecule has 0 radical (unpaired) electrons. The molecule has 0 aromatic rings. The molecule has 80 valence electrons. The second-order valence-electron chi connectivity index (χ2n) is 3.04. The van der Waals surface area contributed by atoms with Gasteiger partial charge in [-0.05, 0) is 19.4 Å². The monoisotopic (exact) mass is 197 g/mol. The van der Waals surface area contributed by atoms with Crippen LogP contribution >= 0.6 is 0 Å². The van der Waals surface area contributed by atoms with Crippen molar-refractivity contribution in [3.05, 3.63) is 35.6 Å². The molecule has 0 aromatic heterocycles. The van der Waals surface area contributed by atoms with Gasteiger partial charge in [-0.1, -0.05) is 18.7 Å². The van der Waals surface area contributed by atoms with Crippen LogP contribution in [0.1, 0.15) is 13.8 Å². The van der Waals surface area contributed by atoms with Crippen molar-refractivity contribution in [2.45, 2.75) is 13.8 Å². The highest BCUT2D eigenvalue weighted by Crippen LogP contribution is 2.10. The zero-order chi connectivity index (χ0) is 11.0. The van der Waals surface area contributed by atoms with Crippen LogP contribution in [0.3, 0.4) is 0 Å². The lowest BCUT2D eigenvalue weighted by molar-refractivity contribution is 0.293. The van der Waals surface area contributed by atoms with Crippen LogP contribution in [-0.2, 0) is 0 Å². The van der Waals surface area contributed by atoms with Crippen molar-refractivity contribution in [2.75, 3.05) is 19.7 Å². The van der Waals surface area contributed by atoms with Gasteiger partial charge >= 0.3 is 0 Å². The highest BCUT2D eigenvalue weighted by atomic mass is 16.3. The molecule has 0 aliphatic rings. The van der Waals surface area contributed by atoms with Crippen molar-refractivity contribution < 1.29 is 10.2 Å². The highest BCUT2D eigenvalue weighted by molar-refractivity contribution is 5.32. The summed E-state index contributed by atoms with van der Waals surface area (Å²) in [5, 5.41) is 21.1. The van der Waals surface area contributed by atoms with Crippen LogP contribution in [0.25, 0.3) is 0 Å². The quantitative estimate of drug-likeness (QED) is 0.344. The molecule has 0 amide bonds. The zero-order valence-corrected chi connectivity index (χ0v) is 8.88. The summed E-state index contributed by atoms with van der Waals surface area (Å²) >= 11 is 0. The first-order chi connectivity index (χ1) is 6.63. The van der Waals surface area contributed by atoms with Crippen LogP contribution in [0.15, 0.2) is 35.6 Å². The molecule has 0 fully saturated rings. The van der Waals surface area contributed by atoms with Gasteiger partial charge in [-0.2, -0.15) is 0 Å². The molecule has 0 spiro atoms. The Bertz CT molecular complexity index is 242. The average Bonchev–Trinajstić information content (AvgIpc) is 2.17. The third-order valence-electron chi connectivity index (χ3n) is 1.75. The van der Waals surface area contributed by atoms with Crippen LogP contribution in [0, 0.1) is 0 Å². The third kappa shape index (κ3) is 4.84. The maximum atomic E-state index is 9.64. The molecule has 0 atom stereocenters. The molecule has 0 aromatic carbocycles. The van der Waals surface area contributed by atoms with Crippen molar-refractivity contribution in [3.63, 3.8) is 0 Å². The van der Waals surface area contributed by atoms with Gasteiger partial charge in [-0.25, -0.2) is 0 Å². The maximum absolute atomic E-state index is 9.64. The minimum absolute atomic E-state index is 0.0889. The predicted octanol–water partition coefficient (Wildman–Crippen LogP) is 1.53. The molecule has 0 bridgehead atoms. The topological polar surface area (TPSA) is 52.5 Å². The molecule has 0 unspecified atom stereocenters. The molecule has 0 aliphatic carbocycles.